The first kappa shape index (κ1) is 16.6. The fraction of sp³-hybridized carbons (Fsp3) is 0.667. The van der Waals surface area contributed by atoms with Gasteiger partial charge in [0.15, 0.2) is 0 Å². The van der Waals surface area contributed by atoms with E-state index in [-0.39, 0.29) is 6.04 Å². The molecule has 0 radical (unpaired) electrons. The van der Waals surface area contributed by atoms with E-state index in [9.17, 15) is 0 Å². The zero-order valence-electron chi connectivity index (χ0n) is 13.4. The first-order valence-corrected chi connectivity index (χ1v) is 8.58. The second-order valence-corrected chi connectivity index (χ2v) is 7.07. The maximum atomic E-state index is 6.29. The highest BCUT2D eigenvalue weighted by Gasteiger charge is 2.26. The summed E-state index contributed by atoms with van der Waals surface area (Å²) in [7, 11) is 0. The van der Waals surface area contributed by atoms with Crippen molar-refractivity contribution >= 4 is 11.6 Å². The predicted molar refractivity (Wildman–Crippen MR) is 90.0 cm³/mol. The van der Waals surface area contributed by atoms with E-state index < -0.39 is 0 Å². The van der Waals surface area contributed by atoms with Gasteiger partial charge in [-0.1, -0.05) is 32.4 Å². The molecule has 1 fully saturated rings. The van der Waals surface area contributed by atoms with Gasteiger partial charge in [0.2, 0.25) is 0 Å². The van der Waals surface area contributed by atoms with Crippen molar-refractivity contribution in [2.75, 3.05) is 0 Å². The zero-order chi connectivity index (χ0) is 15.4. The number of hydrogen-bond donors (Lipinski definition) is 1. The molecule has 3 heteroatoms. The molecule has 1 aliphatic rings. The highest BCUT2D eigenvalue weighted by molar-refractivity contribution is 6.30. The number of halogens is 1. The second kappa shape index (κ2) is 7.51. The van der Waals surface area contributed by atoms with Gasteiger partial charge in [-0.15, -0.1) is 0 Å². The highest BCUT2D eigenvalue weighted by Crippen LogP contribution is 2.33. The summed E-state index contributed by atoms with van der Waals surface area (Å²) in [4.78, 5) is 0. The Kier molecular flexibility index (Phi) is 5.95. The Morgan fingerprint density at radius 3 is 2.71 bits per heavy atom. The minimum absolute atomic E-state index is 0.163. The van der Waals surface area contributed by atoms with E-state index >= 15 is 0 Å². The number of ether oxygens (including phenoxy) is 1. The van der Waals surface area contributed by atoms with Gasteiger partial charge in [-0.3, -0.25) is 0 Å². The lowest BCUT2D eigenvalue weighted by Gasteiger charge is -2.32. The first-order valence-electron chi connectivity index (χ1n) is 8.20. The quantitative estimate of drug-likeness (QED) is 0.846. The number of hydrogen-bond acceptors (Lipinski definition) is 2. The Bertz CT molecular complexity index is 463. The molecule has 118 valence electrons. The van der Waals surface area contributed by atoms with Gasteiger partial charge in [0.05, 0.1) is 6.10 Å². The molecule has 0 spiro atoms. The SMILES string of the molecule is CCC(N)Cc1cc(Cl)ccc1OC1CCC(C)C(C)C1. The van der Waals surface area contributed by atoms with Crippen LogP contribution in [-0.2, 0) is 6.42 Å². The van der Waals surface area contributed by atoms with Crippen molar-refractivity contribution in [1.29, 1.82) is 0 Å². The molecule has 1 aromatic carbocycles. The molecule has 0 aliphatic heterocycles. The maximum absolute atomic E-state index is 6.29. The number of nitrogens with two attached hydrogens (primary N) is 1. The van der Waals surface area contributed by atoms with Crippen molar-refractivity contribution in [3.8, 4) is 5.75 Å². The van der Waals surface area contributed by atoms with Crippen LogP contribution in [0.5, 0.6) is 5.75 Å². The van der Waals surface area contributed by atoms with E-state index in [1.54, 1.807) is 0 Å². The summed E-state index contributed by atoms with van der Waals surface area (Å²) < 4.78 is 6.29. The van der Waals surface area contributed by atoms with E-state index in [1.807, 2.05) is 18.2 Å². The molecule has 2 rings (SSSR count). The molecular weight excluding hydrogens is 282 g/mol. The Labute approximate surface area is 134 Å². The van der Waals surface area contributed by atoms with Crippen molar-refractivity contribution < 1.29 is 4.74 Å². The summed E-state index contributed by atoms with van der Waals surface area (Å²) in [6.45, 7) is 6.78. The maximum Gasteiger partial charge on any atom is 0.123 e. The zero-order valence-corrected chi connectivity index (χ0v) is 14.2. The van der Waals surface area contributed by atoms with Crippen LogP contribution in [0.25, 0.3) is 0 Å². The van der Waals surface area contributed by atoms with Gasteiger partial charge in [-0.25, -0.2) is 0 Å². The number of rotatable bonds is 5. The van der Waals surface area contributed by atoms with Gasteiger partial charge in [-0.2, -0.15) is 0 Å². The molecular formula is C18H28ClNO. The average molecular weight is 310 g/mol. The molecule has 1 saturated carbocycles. The molecule has 2 nitrogen and oxygen atoms in total. The van der Waals surface area contributed by atoms with Crippen LogP contribution in [0.4, 0.5) is 0 Å². The second-order valence-electron chi connectivity index (χ2n) is 6.63. The Balaban J connectivity index is 2.08. The van der Waals surface area contributed by atoms with E-state index in [2.05, 4.69) is 20.8 Å². The van der Waals surface area contributed by atoms with Crippen LogP contribution in [-0.4, -0.2) is 12.1 Å². The summed E-state index contributed by atoms with van der Waals surface area (Å²) in [5.74, 6) is 2.51. The molecule has 2 N–H and O–H groups in total. The normalized spacial score (nSPS) is 27.4. The molecule has 0 bridgehead atoms. The molecule has 0 heterocycles. The summed E-state index contributed by atoms with van der Waals surface area (Å²) in [5, 5.41) is 0.756. The van der Waals surface area contributed by atoms with Crippen LogP contribution in [0, 0.1) is 11.8 Å². The van der Waals surface area contributed by atoms with Gasteiger partial charge in [0, 0.05) is 11.1 Å². The molecule has 0 aromatic heterocycles. The molecule has 0 amide bonds. The van der Waals surface area contributed by atoms with Gasteiger partial charge < -0.3 is 10.5 Å². The Morgan fingerprint density at radius 1 is 1.29 bits per heavy atom. The summed E-state index contributed by atoms with van der Waals surface area (Å²) >= 11 is 6.13. The molecule has 21 heavy (non-hydrogen) atoms. The lowest BCUT2D eigenvalue weighted by Crippen LogP contribution is -2.29. The predicted octanol–water partition coefficient (Wildman–Crippen LogP) is 4.82. The number of benzene rings is 1. The fourth-order valence-electron chi connectivity index (χ4n) is 3.03. The topological polar surface area (TPSA) is 35.2 Å². The third kappa shape index (κ3) is 4.62. The Morgan fingerprint density at radius 2 is 2.05 bits per heavy atom. The lowest BCUT2D eigenvalue weighted by molar-refractivity contribution is 0.0996. The molecule has 1 aromatic rings. The third-order valence-corrected chi connectivity index (χ3v) is 5.11. The fourth-order valence-corrected chi connectivity index (χ4v) is 3.23. The smallest absolute Gasteiger partial charge is 0.123 e. The lowest BCUT2D eigenvalue weighted by atomic mass is 9.80. The van der Waals surface area contributed by atoms with Crippen LogP contribution in [0.2, 0.25) is 5.02 Å². The van der Waals surface area contributed by atoms with Crippen LogP contribution >= 0.6 is 11.6 Å². The largest absolute Gasteiger partial charge is 0.490 e. The van der Waals surface area contributed by atoms with Crippen molar-refractivity contribution in [3.05, 3.63) is 28.8 Å². The molecule has 1 aliphatic carbocycles. The van der Waals surface area contributed by atoms with Gasteiger partial charge in [0.1, 0.15) is 5.75 Å². The molecule has 0 saturated heterocycles. The monoisotopic (exact) mass is 309 g/mol. The summed E-state index contributed by atoms with van der Waals surface area (Å²) in [6.07, 6.45) is 5.66. The van der Waals surface area contributed by atoms with Crippen LogP contribution in [0.3, 0.4) is 0 Å². The van der Waals surface area contributed by atoms with Crippen LogP contribution in [0.15, 0.2) is 18.2 Å². The minimum atomic E-state index is 0.163. The van der Waals surface area contributed by atoms with Crippen molar-refractivity contribution in [2.45, 2.75) is 65.0 Å². The first-order chi connectivity index (χ1) is 9.99. The third-order valence-electron chi connectivity index (χ3n) is 4.87. The van der Waals surface area contributed by atoms with Gasteiger partial charge >= 0.3 is 0 Å². The van der Waals surface area contributed by atoms with Crippen molar-refractivity contribution in [3.63, 3.8) is 0 Å². The Hall–Kier alpha value is -0.730. The van der Waals surface area contributed by atoms with Crippen LogP contribution < -0.4 is 10.5 Å². The van der Waals surface area contributed by atoms with Crippen molar-refractivity contribution in [1.82, 2.24) is 0 Å². The molecule has 4 unspecified atom stereocenters. The average Bonchev–Trinajstić information content (AvgIpc) is 2.45. The van der Waals surface area contributed by atoms with Gasteiger partial charge in [-0.05, 0) is 67.7 Å². The van der Waals surface area contributed by atoms with E-state index in [0.717, 1.165) is 53.9 Å². The van der Waals surface area contributed by atoms with E-state index in [4.69, 9.17) is 22.1 Å². The van der Waals surface area contributed by atoms with Crippen LogP contribution in [0.1, 0.15) is 52.0 Å². The van der Waals surface area contributed by atoms with Crippen molar-refractivity contribution in [2.24, 2.45) is 17.6 Å². The highest BCUT2D eigenvalue weighted by atomic mass is 35.5. The van der Waals surface area contributed by atoms with E-state index in [0.29, 0.717) is 6.10 Å². The standard InChI is InChI=1S/C18H28ClNO/c1-4-16(20)11-14-10-15(19)6-8-18(14)21-17-7-5-12(2)13(3)9-17/h6,8,10,12-13,16-17H,4-5,7,9,11,20H2,1-3H3. The minimum Gasteiger partial charge on any atom is -0.490 e. The van der Waals surface area contributed by atoms with Gasteiger partial charge in [0.25, 0.3) is 0 Å². The molecule has 4 atom stereocenters. The summed E-state index contributed by atoms with van der Waals surface area (Å²) in [6, 6.07) is 6.08. The van der Waals surface area contributed by atoms with E-state index in [1.165, 1.54) is 6.42 Å². The summed E-state index contributed by atoms with van der Waals surface area (Å²) in [5.41, 5.74) is 7.24.